The van der Waals surface area contributed by atoms with E-state index in [9.17, 15) is 9.90 Å². The number of aromatic nitrogens is 1. The van der Waals surface area contributed by atoms with Gasteiger partial charge in [-0.3, -0.25) is 9.78 Å². The molecule has 3 heterocycles. The Bertz CT molecular complexity index is 2190. The summed E-state index contributed by atoms with van der Waals surface area (Å²) in [5, 5.41) is 16.1. The van der Waals surface area contributed by atoms with Crippen LogP contribution in [0.5, 0.6) is 0 Å². The molecule has 4 nitrogen and oxygen atoms in total. The van der Waals surface area contributed by atoms with Crippen molar-refractivity contribution in [2.75, 3.05) is 0 Å². The van der Waals surface area contributed by atoms with Crippen LogP contribution in [0.25, 0.3) is 54.1 Å². The second kappa shape index (κ2) is 15.1. The second-order valence-electron chi connectivity index (χ2n) is 15.1. The monoisotopic (exact) mass is 867 g/mol. The summed E-state index contributed by atoms with van der Waals surface area (Å²) in [6, 6.07) is 20.7. The van der Waals surface area contributed by atoms with Crippen molar-refractivity contribution >= 4 is 59.9 Å². The Morgan fingerprint density at radius 3 is 2.14 bits per heavy atom. The first-order valence-corrected chi connectivity index (χ1v) is 18.5. The van der Waals surface area contributed by atoms with E-state index in [4.69, 9.17) is 9.40 Å². The van der Waals surface area contributed by atoms with Crippen molar-refractivity contribution in [2.45, 2.75) is 107 Å². The van der Waals surface area contributed by atoms with Crippen LogP contribution in [-0.2, 0) is 30.3 Å². The number of carbonyl (C=O) groups excluding carboxylic acids is 1. The van der Waals surface area contributed by atoms with Crippen molar-refractivity contribution in [1.29, 1.82) is 0 Å². The average Bonchev–Trinajstić information content (AvgIpc) is 3.62. The van der Waals surface area contributed by atoms with Gasteiger partial charge in [-0.15, -0.1) is 40.5 Å². The number of ketones is 1. The molecule has 0 unspecified atom stereocenters. The van der Waals surface area contributed by atoms with Crippen molar-refractivity contribution in [3.8, 4) is 11.3 Å². The van der Waals surface area contributed by atoms with Crippen LogP contribution in [-0.4, -0.2) is 15.9 Å². The number of nitrogens with zero attached hydrogens (tertiary/aromatic N) is 1. The van der Waals surface area contributed by atoms with E-state index in [1.54, 1.807) is 0 Å². The van der Waals surface area contributed by atoms with Gasteiger partial charge in [0.25, 0.3) is 0 Å². The zero-order chi connectivity index (χ0) is 35.9. The Morgan fingerprint density at radius 1 is 0.880 bits per heavy atom. The number of aliphatic hydroxyl groups is 1. The summed E-state index contributed by atoms with van der Waals surface area (Å²) in [5.41, 5.74) is 5.64. The predicted octanol–water partition coefficient (Wildman–Crippen LogP) is 13.4. The van der Waals surface area contributed by atoms with Gasteiger partial charge in [0.2, 0.25) is 0 Å². The first-order valence-electron chi connectivity index (χ1n) is 17.7. The van der Waals surface area contributed by atoms with Gasteiger partial charge in [0, 0.05) is 69.3 Å². The molecule has 0 aliphatic carbocycles. The Kier molecular flexibility index (Phi) is 11.9. The summed E-state index contributed by atoms with van der Waals surface area (Å²) in [5.74, 6) is 0.286. The Hall–Kier alpha value is -3.31. The molecule has 6 aromatic rings. The van der Waals surface area contributed by atoms with Crippen molar-refractivity contribution < 1.29 is 34.4 Å². The zero-order valence-corrected chi connectivity index (χ0v) is 34.8. The Labute approximate surface area is 315 Å². The van der Waals surface area contributed by atoms with Crippen molar-refractivity contribution in [1.82, 2.24) is 4.98 Å². The molecule has 6 heteroatoms. The number of aryl methyl sites for hydroxylation is 2. The molecule has 267 valence electrons. The smallest absolute Gasteiger partial charge is 0.164 e. The van der Waals surface area contributed by atoms with Gasteiger partial charge in [-0.25, -0.2) is 0 Å². The third-order valence-corrected chi connectivity index (χ3v) is 12.4. The largest absolute Gasteiger partial charge is 0.512 e. The summed E-state index contributed by atoms with van der Waals surface area (Å²) in [4.78, 5) is 18.3. The number of rotatable bonds is 8. The third kappa shape index (κ3) is 7.22. The van der Waals surface area contributed by atoms with Crippen LogP contribution in [0.3, 0.4) is 0 Å². The minimum Gasteiger partial charge on any atom is -0.512 e. The predicted molar refractivity (Wildman–Crippen MR) is 210 cm³/mol. The van der Waals surface area contributed by atoms with E-state index >= 15 is 0 Å². The Balaban J connectivity index is 0.000000269. The summed E-state index contributed by atoms with van der Waals surface area (Å²) in [6.45, 7) is 23.2. The molecule has 0 saturated heterocycles. The first kappa shape index (κ1) is 39.5. The zero-order valence-electron chi connectivity index (χ0n) is 31.6. The molecule has 1 N–H and O–H groups in total. The molecule has 0 fully saturated rings. The molecule has 0 bridgehead atoms. The fourth-order valence-electron chi connectivity index (χ4n) is 6.44. The number of aliphatic hydroxyl groups excluding tert-OH is 1. The number of benzene rings is 3. The molecule has 3 aromatic carbocycles. The molecule has 50 heavy (non-hydrogen) atoms. The molecule has 6 rings (SSSR count). The molecule has 1 radical (unpaired) electrons. The van der Waals surface area contributed by atoms with Gasteiger partial charge in [-0.2, -0.15) is 0 Å². The van der Waals surface area contributed by atoms with Crippen LogP contribution < -0.4 is 0 Å². The molecule has 0 saturated carbocycles. The summed E-state index contributed by atoms with van der Waals surface area (Å²) in [6.07, 6.45) is 6.66. The molecular formula is C44H52IrNO3S-. The van der Waals surface area contributed by atoms with Crippen molar-refractivity contribution in [3.63, 3.8) is 0 Å². The third-order valence-electron chi connectivity index (χ3n) is 11.1. The van der Waals surface area contributed by atoms with Crippen LogP contribution in [0.4, 0.5) is 0 Å². The molecule has 0 amide bonds. The van der Waals surface area contributed by atoms with Gasteiger partial charge in [0.05, 0.1) is 0 Å². The van der Waals surface area contributed by atoms with Crippen molar-refractivity contribution in [2.24, 2.45) is 10.8 Å². The average molecular weight is 867 g/mol. The van der Waals surface area contributed by atoms with Crippen LogP contribution in [0, 0.1) is 30.7 Å². The van der Waals surface area contributed by atoms with E-state index in [-0.39, 0.29) is 47.9 Å². The molecule has 0 atom stereocenters. The number of hydrogen-bond acceptors (Lipinski definition) is 5. The molecule has 0 aliphatic rings. The van der Waals surface area contributed by atoms with Crippen LogP contribution in [0.1, 0.15) is 104 Å². The normalized spacial score (nSPS) is 12.7. The second-order valence-corrected chi connectivity index (χ2v) is 16.3. The van der Waals surface area contributed by atoms with E-state index in [0.717, 1.165) is 58.9 Å². The number of pyridine rings is 1. The number of allylic oxidation sites excluding steroid dienone is 2. The van der Waals surface area contributed by atoms with Crippen LogP contribution in [0.15, 0.2) is 71.0 Å². The number of hydrogen-bond donors (Lipinski definition) is 1. The van der Waals surface area contributed by atoms with E-state index in [2.05, 4.69) is 89.2 Å². The standard InChI is InChI=1S/C29H24NOS.C15H28O2.Ir/c1-16-17(2)32-28-20(16)10-11-24-25(28)22-12-13-30-26(27(22)31-24)19-14-18-8-6-7-9-21(18)23(15-19)29(3,4)5;1-7-14(5,8-2)12(16)11-13(17)15(6,9-3)10-4;/h6-13,15H,1-5H3;11,16H,7-10H2,1-6H3;/q-1;;/b;12-11-;. The topological polar surface area (TPSA) is 63.3 Å². The Morgan fingerprint density at radius 2 is 1.52 bits per heavy atom. The van der Waals surface area contributed by atoms with E-state index in [1.165, 1.54) is 42.9 Å². The number of carbonyl (C=O) groups is 1. The minimum absolute atomic E-state index is 0. The number of fused-ring (bicyclic) bond motifs is 6. The summed E-state index contributed by atoms with van der Waals surface area (Å²) < 4.78 is 7.75. The maximum atomic E-state index is 12.2. The first-order chi connectivity index (χ1) is 23.1. The van der Waals surface area contributed by atoms with Gasteiger partial charge in [-0.1, -0.05) is 91.5 Å². The number of thiophene rings is 1. The maximum Gasteiger partial charge on any atom is 0.164 e. The minimum atomic E-state index is -0.337. The van der Waals surface area contributed by atoms with E-state index in [0.29, 0.717) is 0 Å². The van der Waals surface area contributed by atoms with Gasteiger partial charge in [0.15, 0.2) is 5.78 Å². The maximum absolute atomic E-state index is 12.2. The van der Waals surface area contributed by atoms with Crippen LogP contribution >= 0.6 is 11.3 Å². The van der Waals surface area contributed by atoms with E-state index in [1.807, 2.05) is 59.1 Å². The van der Waals surface area contributed by atoms with Crippen molar-refractivity contribution in [3.05, 3.63) is 88.6 Å². The molecule has 3 aromatic heterocycles. The van der Waals surface area contributed by atoms with Gasteiger partial charge in [-0.05, 0) is 74.1 Å². The fraction of sp³-hybridized carbons (Fsp3) is 0.409. The van der Waals surface area contributed by atoms with E-state index < -0.39 is 0 Å². The van der Waals surface area contributed by atoms with Crippen LogP contribution in [0.2, 0.25) is 0 Å². The molecule has 0 aliphatic heterocycles. The molecular weight excluding hydrogens is 815 g/mol. The number of furan rings is 1. The van der Waals surface area contributed by atoms with Gasteiger partial charge in [0.1, 0.15) is 16.9 Å². The molecule has 0 spiro atoms. The summed E-state index contributed by atoms with van der Waals surface area (Å²) >= 11 is 1.85. The SMILES string of the molecule is CCC(C)(CC)C(=O)/C=C(\O)C(C)(CC)CC.Cc1sc2c(ccc3oc4c(-c5[c-]c6ccccc6c(C(C)(C)C)c5)nccc4c32)c1C.[Ir]. The summed E-state index contributed by atoms with van der Waals surface area (Å²) in [7, 11) is 0. The fourth-order valence-corrected chi connectivity index (χ4v) is 7.65. The quantitative estimate of drug-likeness (QED) is 0.0940. The van der Waals surface area contributed by atoms with Gasteiger partial charge >= 0.3 is 0 Å². The van der Waals surface area contributed by atoms with Gasteiger partial charge < -0.3 is 9.52 Å².